The van der Waals surface area contributed by atoms with Gasteiger partial charge in [0.05, 0.1) is 14.2 Å². The van der Waals surface area contributed by atoms with E-state index in [1.165, 1.54) is 0 Å². The lowest BCUT2D eigenvalue weighted by molar-refractivity contribution is -0.0259. The van der Waals surface area contributed by atoms with Gasteiger partial charge in [0.2, 0.25) is 6.79 Å². The summed E-state index contributed by atoms with van der Waals surface area (Å²) < 4.78 is 29.1. The summed E-state index contributed by atoms with van der Waals surface area (Å²) in [5.74, 6) is 4.05. The van der Waals surface area contributed by atoms with Crippen molar-refractivity contribution in [3.8, 4) is 28.7 Å². The summed E-state index contributed by atoms with van der Waals surface area (Å²) in [5, 5.41) is 0. The molecule has 0 saturated heterocycles. The second kappa shape index (κ2) is 8.03. The summed E-state index contributed by atoms with van der Waals surface area (Å²) >= 11 is 0. The second-order valence-electron chi connectivity index (χ2n) is 7.39. The fourth-order valence-electron chi connectivity index (χ4n) is 4.57. The van der Waals surface area contributed by atoms with Crippen LogP contribution in [0.25, 0.3) is 0 Å². The zero-order valence-electron chi connectivity index (χ0n) is 17.7. The largest absolute Gasteiger partial charge is 0.493 e. The maximum atomic E-state index is 6.51. The molecule has 0 bridgehead atoms. The number of fused-ring (bicyclic) bond motifs is 2. The Labute approximate surface area is 172 Å². The summed E-state index contributed by atoms with van der Waals surface area (Å²) in [6.07, 6.45) is -0.0567. The van der Waals surface area contributed by atoms with Gasteiger partial charge >= 0.3 is 0 Å². The van der Waals surface area contributed by atoms with Crippen LogP contribution in [0.2, 0.25) is 0 Å². The highest BCUT2D eigenvalue weighted by molar-refractivity contribution is 5.59. The van der Waals surface area contributed by atoms with E-state index in [4.69, 9.17) is 23.7 Å². The topological polar surface area (TPSA) is 49.4 Å². The molecule has 0 fully saturated rings. The summed E-state index contributed by atoms with van der Waals surface area (Å²) in [5.41, 5.74) is 2.16. The Hall–Kier alpha value is -2.60. The molecular weight excluding hydrogens is 370 g/mol. The van der Waals surface area contributed by atoms with Crippen LogP contribution in [0.5, 0.6) is 28.7 Å². The lowest BCUT2D eigenvalue weighted by atomic mass is 9.77. The Morgan fingerprint density at radius 2 is 1.69 bits per heavy atom. The molecule has 0 unspecified atom stereocenters. The Morgan fingerprint density at radius 1 is 0.966 bits per heavy atom. The first kappa shape index (κ1) is 19.7. The fraction of sp³-hybridized carbons (Fsp3) is 0.478. The predicted octanol–water partition coefficient (Wildman–Crippen LogP) is 4.26. The number of methoxy groups -OCH3 is 2. The molecule has 2 aromatic rings. The predicted molar refractivity (Wildman–Crippen MR) is 110 cm³/mol. The van der Waals surface area contributed by atoms with Crippen molar-refractivity contribution < 1.29 is 23.7 Å². The summed E-state index contributed by atoms with van der Waals surface area (Å²) in [6, 6.07) is 10.1. The van der Waals surface area contributed by atoms with Crippen LogP contribution in [-0.4, -0.2) is 45.2 Å². The molecule has 2 heterocycles. The Morgan fingerprint density at radius 3 is 2.34 bits per heavy atom. The van der Waals surface area contributed by atoms with Gasteiger partial charge in [-0.15, -0.1) is 0 Å². The van der Waals surface area contributed by atoms with Crippen LogP contribution >= 0.6 is 0 Å². The standard InChI is InChI=1S/C23H29NO5/c1-6-24(7-2)23-14(3)21(15-9-8-10-17(25-4)22(15)26-5)16-11-19-20(28-13-27-19)12-18(16)29-23/h8-12,14,21,23H,6-7,13H2,1-5H3/t14-,21+,23+/m0/s1. The minimum Gasteiger partial charge on any atom is -0.493 e. The average molecular weight is 399 g/mol. The van der Waals surface area contributed by atoms with Gasteiger partial charge in [0.25, 0.3) is 0 Å². The van der Waals surface area contributed by atoms with Crippen molar-refractivity contribution in [3.63, 3.8) is 0 Å². The van der Waals surface area contributed by atoms with Gasteiger partial charge in [0, 0.05) is 29.0 Å². The van der Waals surface area contributed by atoms with Crippen molar-refractivity contribution in [2.75, 3.05) is 34.1 Å². The highest BCUT2D eigenvalue weighted by Gasteiger charge is 2.41. The minimum atomic E-state index is -0.0567. The Kier molecular flexibility index (Phi) is 5.46. The number of nitrogens with zero attached hydrogens (tertiary/aromatic N) is 1. The van der Waals surface area contributed by atoms with Gasteiger partial charge in [-0.05, 0) is 25.2 Å². The molecule has 156 valence electrons. The van der Waals surface area contributed by atoms with Crippen molar-refractivity contribution in [3.05, 3.63) is 41.5 Å². The van der Waals surface area contributed by atoms with E-state index in [0.717, 1.165) is 53.0 Å². The monoisotopic (exact) mass is 399 g/mol. The van der Waals surface area contributed by atoms with E-state index in [1.54, 1.807) is 14.2 Å². The quantitative estimate of drug-likeness (QED) is 0.723. The number of ether oxygens (including phenoxy) is 5. The van der Waals surface area contributed by atoms with E-state index in [9.17, 15) is 0 Å². The van der Waals surface area contributed by atoms with Gasteiger partial charge in [-0.1, -0.05) is 32.9 Å². The van der Waals surface area contributed by atoms with Crippen molar-refractivity contribution in [2.45, 2.75) is 32.9 Å². The first-order valence-electron chi connectivity index (χ1n) is 10.2. The van der Waals surface area contributed by atoms with E-state index in [-0.39, 0.29) is 24.9 Å². The molecule has 6 heteroatoms. The lowest BCUT2D eigenvalue weighted by Crippen LogP contribution is -2.48. The molecule has 29 heavy (non-hydrogen) atoms. The molecule has 0 radical (unpaired) electrons. The minimum absolute atomic E-state index is 0.0567. The smallest absolute Gasteiger partial charge is 0.231 e. The summed E-state index contributed by atoms with van der Waals surface area (Å²) in [7, 11) is 3.35. The molecule has 6 nitrogen and oxygen atoms in total. The summed E-state index contributed by atoms with van der Waals surface area (Å²) in [4.78, 5) is 2.35. The van der Waals surface area contributed by atoms with Crippen molar-refractivity contribution >= 4 is 0 Å². The first-order chi connectivity index (χ1) is 14.1. The fourth-order valence-corrected chi connectivity index (χ4v) is 4.57. The molecule has 0 aromatic heterocycles. The van der Waals surface area contributed by atoms with Crippen molar-refractivity contribution in [1.29, 1.82) is 0 Å². The normalized spacial score (nSPS) is 22.2. The van der Waals surface area contributed by atoms with E-state index >= 15 is 0 Å². The number of benzene rings is 2. The van der Waals surface area contributed by atoms with E-state index < -0.39 is 0 Å². The van der Waals surface area contributed by atoms with Gasteiger partial charge in [0.15, 0.2) is 29.2 Å². The zero-order chi connectivity index (χ0) is 20.5. The highest BCUT2D eigenvalue weighted by Crippen LogP contribution is 2.52. The molecule has 3 atom stereocenters. The van der Waals surface area contributed by atoms with Crippen LogP contribution in [0.4, 0.5) is 0 Å². The number of para-hydroxylation sites is 1. The van der Waals surface area contributed by atoms with E-state index in [2.05, 4.69) is 37.8 Å². The van der Waals surface area contributed by atoms with Crippen LogP contribution in [-0.2, 0) is 0 Å². The maximum Gasteiger partial charge on any atom is 0.231 e. The van der Waals surface area contributed by atoms with E-state index in [1.807, 2.05) is 18.2 Å². The van der Waals surface area contributed by atoms with E-state index in [0.29, 0.717) is 0 Å². The summed E-state index contributed by atoms with van der Waals surface area (Å²) in [6.45, 7) is 8.62. The molecule has 0 aliphatic carbocycles. The third-order valence-corrected chi connectivity index (χ3v) is 6.00. The van der Waals surface area contributed by atoms with Gasteiger partial charge in [0.1, 0.15) is 5.75 Å². The molecule has 2 aliphatic rings. The van der Waals surface area contributed by atoms with Crippen LogP contribution in [0.15, 0.2) is 30.3 Å². The molecule has 0 N–H and O–H groups in total. The van der Waals surface area contributed by atoms with Gasteiger partial charge < -0.3 is 23.7 Å². The van der Waals surface area contributed by atoms with Crippen LogP contribution in [0, 0.1) is 5.92 Å². The molecule has 0 saturated carbocycles. The number of rotatable bonds is 6. The SMILES string of the molecule is CCN(CC)[C@@H]1Oc2cc3c(cc2[C@@H](c2cccc(OC)c2OC)[C@@H]1C)OCO3. The first-order valence-corrected chi connectivity index (χ1v) is 10.2. The molecular formula is C23H29NO5. The average Bonchev–Trinajstić information content (AvgIpc) is 3.20. The van der Waals surface area contributed by atoms with Crippen molar-refractivity contribution in [1.82, 2.24) is 4.90 Å². The molecule has 2 aliphatic heterocycles. The lowest BCUT2D eigenvalue weighted by Gasteiger charge is -2.43. The van der Waals surface area contributed by atoms with Crippen LogP contribution < -0.4 is 23.7 Å². The van der Waals surface area contributed by atoms with Crippen LogP contribution in [0.1, 0.15) is 37.8 Å². The second-order valence-corrected chi connectivity index (χ2v) is 7.39. The third kappa shape index (κ3) is 3.25. The zero-order valence-corrected chi connectivity index (χ0v) is 17.7. The number of hydrogen-bond donors (Lipinski definition) is 0. The third-order valence-electron chi connectivity index (χ3n) is 6.00. The van der Waals surface area contributed by atoms with Crippen LogP contribution in [0.3, 0.4) is 0 Å². The molecule has 0 amide bonds. The van der Waals surface area contributed by atoms with Gasteiger partial charge in [-0.25, -0.2) is 0 Å². The Bertz CT molecular complexity index is 880. The van der Waals surface area contributed by atoms with Crippen molar-refractivity contribution in [2.24, 2.45) is 5.92 Å². The Balaban J connectivity index is 1.90. The molecule has 0 spiro atoms. The van der Waals surface area contributed by atoms with Gasteiger partial charge in [-0.2, -0.15) is 0 Å². The highest BCUT2D eigenvalue weighted by atomic mass is 16.7. The number of hydrogen-bond acceptors (Lipinski definition) is 6. The molecule has 4 rings (SSSR count). The molecule has 2 aromatic carbocycles. The van der Waals surface area contributed by atoms with Gasteiger partial charge in [-0.3, -0.25) is 4.90 Å². The maximum absolute atomic E-state index is 6.51.